The lowest BCUT2D eigenvalue weighted by Gasteiger charge is -2.33. The van der Waals surface area contributed by atoms with Crippen LogP contribution in [0.3, 0.4) is 0 Å². The number of carboxylic acid groups (broad SMARTS) is 1. The summed E-state index contributed by atoms with van der Waals surface area (Å²) in [6.07, 6.45) is 0.331. The summed E-state index contributed by atoms with van der Waals surface area (Å²) in [6, 6.07) is 0. The standard InChI is InChI=1S/C11H17NO5/c13-10(14)5-9-6-12(2-4-17-9)11(15)8-1-3-16-7-8/h8-9H,1-7H2,(H,13,14). The smallest absolute Gasteiger partial charge is 0.306 e. The molecule has 6 heteroatoms. The fourth-order valence-electron chi connectivity index (χ4n) is 2.23. The van der Waals surface area contributed by atoms with Crippen LogP contribution in [0.15, 0.2) is 0 Å². The minimum Gasteiger partial charge on any atom is -0.481 e. The number of aliphatic carboxylic acids is 1. The summed E-state index contributed by atoms with van der Waals surface area (Å²) in [5.41, 5.74) is 0. The Morgan fingerprint density at radius 2 is 2.18 bits per heavy atom. The highest BCUT2D eigenvalue weighted by Gasteiger charge is 2.32. The molecule has 2 atom stereocenters. The summed E-state index contributed by atoms with van der Waals surface area (Å²) in [5, 5.41) is 8.70. The van der Waals surface area contributed by atoms with Crippen molar-refractivity contribution in [3.05, 3.63) is 0 Å². The SMILES string of the molecule is O=C(O)CC1CN(C(=O)C2CCOC2)CCO1. The van der Waals surface area contributed by atoms with Gasteiger partial charge < -0.3 is 19.5 Å². The molecule has 2 unspecified atom stereocenters. The van der Waals surface area contributed by atoms with Gasteiger partial charge in [-0.3, -0.25) is 9.59 Å². The first kappa shape index (κ1) is 12.3. The summed E-state index contributed by atoms with van der Waals surface area (Å²) < 4.78 is 10.5. The van der Waals surface area contributed by atoms with Crippen molar-refractivity contribution in [3.63, 3.8) is 0 Å². The van der Waals surface area contributed by atoms with E-state index in [1.165, 1.54) is 0 Å². The van der Waals surface area contributed by atoms with Gasteiger partial charge in [0.1, 0.15) is 0 Å². The number of carbonyl (C=O) groups excluding carboxylic acids is 1. The number of carboxylic acids is 1. The van der Waals surface area contributed by atoms with Crippen molar-refractivity contribution >= 4 is 11.9 Å². The third-order valence-electron chi connectivity index (χ3n) is 3.13. The van der Waals surface area contributed by atoms with E-state index in [1.807, 2.05) is 0 Å². The van der Waals surface area contributed by atoms with Gasteiger partial charge >= 0.3 is 5.97 Å². The van der Waals surface area contributed by atoms with E-state index in [0.717, 1.165) is 6.42 Å². The van der Waals surface area contributed by atoms with Gasteiger partial charge in [-0.15, -0.1) is 0 Å². The van der Waals surface area contributed by atoms with Crippen LogP contribution in [-0.2, 0) is 19.1 Å². The minimum absolute atomic E-state index is 0.0506. The van der Waals surface area contributed by atoms with Crippen LogP contribution in [0.25, 0.3) is 0 Å². The third kappa shape index (κ3) is 3.17. The second-order valence-corrected chi connectivity index (χ2v) is 4.44. The zero-order chi connectivity index (χ0) is 12.3. The van der Waals surface area contributed by atoms with Crippen LogP contribution in [0.2, 0.25) is 0 Å². The first-order valence-corrected chi connectivity index (χ1v) is 5.86. The molecule has 1 N–H and O–H groups in total. The molecule has 6 nitrogen and oxygen atoms in total. The lowest BCUT2D eigenvalue weighted by Crippen LogP contribution is -2.48. The van der Waals surface area contributed by atoms with Gasteiger partial charge in [0, 0.05) is 19.7 Å². The van der Waals surface area contributed by atoms with Crippen molar-refractivity contribution in [3.8, 4) is 0 Å². The van der Waals surface area contributed by atoms with Gasteiger partial charge in [-0.05, 0) is 6.42 Å². The maximum absolute atomic E-state index is 12.1. The van der Waals surface area contributed by atoms with Gasteiger partial charge in [0.05, 0.1) is 31.7 Å². The van der Waals surface area contributed by atoms with Crippen molar-refractivity contribution in [2.24, 2.45) is 5.92 Å². The van der Waals surface area contributed by atoms with Crippen LogP contribution in [0.5, 0.6) is 0 Å². The maximum atomic E-state index is 12.1. The Kier molecular flexibility index (Phi) is 3.96. The van der Waals surface area contributed by atoms with Crippen LogP contribution >= 0.6 is 0 Å². The van der Waals surface area contributed by atoms with E-state index >= 15 is 0 Å². The molecule has 0 aliphatic carbocycles. The Morgan fingerprint density at radius 3 is 2.82 bits per heavy atom. The Bertz CT molecular complexity index is 300. The van der Waals surface area contributed by atoms with Crippen molar-refractivity contribution < 1.29 is 24.2 Å². The van der Waals surface area contributed by atoms with Crippen molar-refractivity contribution in [2.45, 2.75) is 18.9 Å². The Labute approximate surface area is 99.5 Å². The molecule has 0 aromatic heterocycles. The van der Waals surface area contributed by atoms with Crippen LogP contribution in [0.1, 0.15) is 12.8 Å². The predicted molar refractivity (Wildman–Crippen MR) is 57.5 cm³/mol. The molecule has 2 saturated heterocycles. The average Bonchev–Trinajstić information content (AvgIpc) is 2.81. The Hall–Kier alpha value is -1.14. The van der Waals surface area contributed by atoms with Gasteiger partial charge in [-0.1, -0.05) is 0 Å². The molecule has 0 radical (unpaired) electrons. The number of ether oxygens (including phenoxy) is 2. The number of rotatable bonds is 3. The molecule has 0 spiro atoms. The summed E-state index contributed by atoms with van der Waals surface area (Å²) in [7, 11) is 0. The van der Waals surface area contributed by atoms with E-state index in [1.54, 1.807) is 4.90 Å². The molecule has 0 aromatic carbocycles. The minimum atomic E-state index is -0.895. The lowest BCUT2D eigenvalue weighted by molar-refractivity contribution is -0.149. The largest absolute Gasteiger partial charge is 0.481 e. The highest BCUT2D eigenvalue weighted by Crippen LogP contribution is 2.18. The molecule has 2 heterocycles. The molecule has 0 saturated carbocycles. The quantitative estimate of drug-likeness (QED) is 0.738. The number of morpholine rings is 1. The van der Waals surface area contributed by atoms with Crippen LogP contribution < -0.4 is 0 Å². The first-order chi connectivity index (χ1) is 8.16. The zero-order valence-electron chi connectivity index (χ0n) is 9.63. The van der Waals surface area contributed by atoms with E-state index in [4.69, 9.17) is 14.6 Å². The van der Waals surface area contributed by atoms with E-state index in [-0.39, 0.29) is 24.3 Å². The molecular weight excluding hydrogens is 226 g/mol. The average molecular weight is 243 g/mol. The van der Waals surface area contributed by atoms with Gasteiger partial charge in [0.2, 0.25) is 5.91 Å². The predicted octanol–water partition coefficient (Wildman–Crippen LogP) is -0.275. The Balaban J connectivity index is 1.87. The number of carbonyl (C=O) groups is 2. The van der Waals surface area contributed by atoms with E-state index in [0.29, 0.717) is 32.9 Å². The molecular formula is C11H17NO5. The molecule has 1 amide bonds. The monoisotopic (exact) mass is 243 g/mol. The van der Waals surface area contributed by atoms with Gasteiger partial charge in [-0.25, -0.2) is 0 Å². The highest BCUT2D eigenvalue weighted by molar-refractivity contribution is 5.79. The molecule has 2 aliphatic rings. The second kappa shape index (κ2) is 5.46. The fraction of sp³-hybridized carbons (Fsp3) is 0.818. The van der Waals surface area contributed by atoms with Crippen LogP contribution in [0.4, 0.5) is 0 Å². The van der Waals surface area contributed by atoms with E-state index in [9.17, 15) is 9.59 Å². The maximum Gasteiger partial charge on any atom is 0.306 e. The molecule has 2 fully saturated rings. The van der Waals surface area contributed by atoms with E-state index in [2.05, 4.69) is 0 Å². The molecule has 0 aromatic rings. The van der Waals surface area contributed by atoms with Gasteiger partial charge in [-0.2, -0.15) is 0 Å². The molecule has 2 rings (SSSR count). The summed E-state index contributed by atoms with van der Waals surface area (Å²) in [5.74, 6) is -0.881. The fourth-order valence-corrected chi connectivity index (χ4v) is 2.23. The van der Waals surface area contributed by atoms with Crippen molar-refractivity contribution in [2.75, 3.05) is 32.9 Å². The number of hydrogen-bond acceptors (Lipinski definition) is 4. The van der Waals surface area contributed by atoms with Gasteiger partial charge in [0.25, 0.3) is 0 Å². The van der Waals surface area contributed by atoms with E-state index < -0.39 is 5.97 Å². The molecule has 17 heavy (non-hydrogen) atoms. The normalized spacial score (nSPS) is 29.3. The van der Waals surface area contributed by atoms with Gasteiger partial charge in [0.15, 0.2) is 0 Å². The van der Waals surface area contributed by atoms with Crippen LogP contribution in [0, 0.1) is 5.92 Å². The molecule has 0 bridgehead atoms. The molecule has 2 aliphatic heterocycles. The lowest BCUT2D eigenvalue weighted by atomic mass is 10.1. The first-order valence-electron chi connectivity index (χ1n) is 5.86. The third-order valence-corrected chi connectivity index (χ3v) is 3.13. The highest BCUT2D eigenvalue weighted by atomic mass is 16.5. The Morgan fingerprint density at radius 1 is 1.35 bits per heavy atom. The summed E-state index contributed by atoms with van der Waals surface area (Å²) >= 11 is 0. The van der Waals surface area contributed by atoms with Crippen molar-refractivity contribution in [1.82, 2.24) is 4.90 Å². The summed E-state index contributed by atoms with van der Waals surface area (Å²) in [6.45, 7) is 2.46. The number of nitrogens with zero attached hydrogens (tertiary/aromatic N) is 1. The zero-order valence-corrected chi connectivity index (χ0v) is 9.63. The molecule has 96 valence electrons. The number of hydrogen-bond donors (Lipinski definition) is 1. The van der Waals surface area contributed by atoms with Crippen LogP contribution in [-0.4, -0.2) is 60.9 Å². The summed E-state index contributed by atoms with van der Waals surface area (Å²) in [4.78, 5) is 24.4. The topological polar surface area (TPSA) is 76.1 Å². The second-order valence-electron chi connectivity index (χ2n) is 4.44. The van der Waals surface area contributed by atoms with Crippen molar-refractivity contribution in [1.29, 1.82) is 0 Å². The number of amides is 1.